The van der Waals surface area contributed by atoms with Crippen LogP contribution in [-0.2, 0) is 23.9 Å². The molecule has 0 aliphatic rings. The molecule has 0 bridgehead atoms. The van der Waals surface area contributed by atoms with Crippen molar-refractivity contribution in [2.24, 2.45) is 0 Å². The summed E-state index contributed by atoms with van der Waals surface area (Å²) in [6, 6.07) is -0.796. The number of ketones is 1. The highest BCUT2D eigenvalue weighted by Gasteiger charge is 2.16. The van der Waals surface area contributed by atoms with E-state index in [0.717, 1.165) is 0 Å². The van der Waals surface area contributed by atoms with Gasteiger partial charge in [-0.3, -0.25) is 14.4 Å². The van der Waals surface area contributed by atoms with Crippen LogP contribution in [0.3, 0.4) is 0 Å². The quantitative estimate of drug-likeness (QED) is 0.561. The Morgan fingerprint density at radius 2 is 1.21 bits per heavy atom. The van der Waals surface area contributed by atoms with Crippen LogP contribution < -0.4 is 10.6 Å². The molecule has 0 spiro atoms. The molecule has 0 rings (SSSR count). The summed E-state index contributed by atoms with van der Waals surface area (Å²) in [5.41, 5.74) is 0. The minimum Gasteiger partial charge on any atom is -0.467 e. The van der Waals surface area contributed by atoms with Crippen LogP contribution in [0, 0.1) is 12.8 Å². The lowest BCUT2D eigenvalue weighted by atomic mass is 10.1. The number of methoxy groups -OCH3 is 1. The maximum Gasteiger partial charge on any atom is 0.328 e. The molecule has 0 radical (unpaired) electrons. The average Bonchev–Trinajstić information content (AvgIpc) is 2.51. The summed E-state index contributed by atoms with van der Waals surface area (Å²) in [5.74, 6) is -0.760. The highest BCUT2D eigenvalue weighted by molar-refractivity contribution is 5.86. The highest BCUT2D eigenvalue weighted by atomic mass is 16.5. The molecule has 2 amide bonds. The zero-order valence-corrected chi connectivity index (χ0v) is 14.8. The average molecular weight is 344 g/mol. The molecule has 2 N–H and O–H groups in total. The fraction of sp³-hybridized carbons (Fsp3) is 0.647. The van der Waals surface area contributed by atoms with E-state index in [0.29, 0.717) is 12.8 Å². The topological polar surface area (TPSA) is 102 Å². The molecule has 0 aromatic heterocycles. The Hall–Kier alpha value is -2.36. The van der Waals surface area contributed by atoms with Gasteiger partial charge in [-0.2, -0.15) is 0 Å². The van der Waals surface area contributed by atoms with Crippen LogP contribution in [-0.4, -0.2) is 42.8 Å². The number of rotatable bonds is 6. The fourth-order valence-corrected chi connectivity index (χ4v) is 1.45. The maximum atomic E-state index is 10.8. The van der Waals surface area contributed by atoms with Crippen molar-refractivity contribution in [3.63, 3.8) is 0 Å². The Morgan fingerprint density at radius 1 is 0.875 bits per heavy atom. The van der Waals surface area contributed by atoms with E-state index in [1.54, 1.807) is 6.92 Å². The van der Waals surface area contributed by atoms with E-state index in [1.807, 2.05) is 6.92 Å². The van der Waals surface area contributed by atoms with Crippen LogP contribution in [0.2, 0.25) is 0 Å². The third kappa shape index (κ3) is 17.7. The zero-order chi connectivity index (χ0) is 19.0. The normalized spacial score (nSPS) is 10.7. The van der Waals surface area contributed by atoms with Crippen LogP contribution in [0.25, 0.3) is 0 Å². The molecule has 0 saturated heterocycles. The Labute approximate surface area is 145 Å². The van der Waals surface area contributed by atoms with E-state index < -0.39 is 12.0 Å². The number of carbonyl (C=O) groups is 4. The van der Waals surface area contributed by atoms with Crippen LogP contribution in [0.15, 0.2) is 0 Å². The van der Waals surface area contributed by atoms with Crippen molar-refractivity contribution in [2.75, 3.05) is 7.11 Å². The lowest BCUT2D eigenvalue weighted by Gasteiger charge is -2.12. The van der Waals surface area contributed by atoms with E-state index in [1.165, 1.54) is 27.9 Å². The van der Waals surface area contributed by atoms with Gasteiger partial charge < -0.3 is 15.4 Å². The molecule has 0 fully saturated rings. The first-order valence-electron chi connectivity index (χ1n) is 7.15. The first-order chi connectivity index (χ1) is 10.7. The summed E-state index contributed by atoms with van der Waals surface area (Å²) in [5, 5.41) is 5.01. The van der Waals surface area contributed by atoms with Crippen LogP contribution in [0.1, 0.15) is 54.9 Å². The van der Waals surface area contributed by atoms with E-state index >= 15 is 0 Å². The second kappa shape index (κ2) is 18.7. The number of carbonyl (C=O) groups excluding carboxylic acids is 4. The predicted octanol–water partition coefficient (Wildman–Crippen LogP) is 1.45. The summed E-state index contributed by atoms with van der Waals surface area (Å²) in [6.07, 6.45) is 9.21. The number of Topliss-reactive ketones (excluding diaryl/α,β-unsaturated/α-hetero) is 1. The van der Waals surface area contributed by atoms with Crippen molar-refractivity contribution < 1.29 is 23.9 Å². The first kappa shape index (κ1) is 29.6. The smallest absolute Gasteiger partial charge is 0.328 e. The van der Waals surface area contributed by atoms with Crippen molar-refractivity contribution in [2.45, 2.75) is 67.0 Å². The van der Waals surface area contributed by atoms with E-state index in [2.05, 4.69) is 28.2 Å². The van der Waals surface area contributed by atoms with Crippen LogP contribution in [0.4, 0.5) is 0 Å². The summed E-state index contributed by atoms with van der Waals surface area (Å²) in [4.78, 5) is 42.5. The van der Waals surface area contributed by atoms with Crippen LogP contribution in [0.5, 0.6) is 0 Å². The molecule has 0 aliphatic carbocycles. The van der Waals surface area contributed by atoms with Gasteiger partial charge in [-0.15, -0.1) is 12.8 Å². The highest BCUT2D eigenvalue weighted by Crippen LogP contribution is 1.93. The van der Waals surface area contributed by atoms with Gasteiger partial charge in [0.2, 0.25) is 11.8 Å². The van der Waals surface area contributed by atoms with Gasteiger partial charge in [-0.1, -0.05) is 21.3 Å². The summed E-state index contributed by atoms with van der Waals surface area (Å²) >= 11 is 0. The third-order valence-electron chi connectivity index (χ3n) is 2.55. The summed E-state index contributed by atoms with van der Waals surface area (Å²) < 4.78 is 4.45. The number of hydrogen-bond acceptors (Lipinski definition) is 5. The largest absolute Gasteiger partial charge is 0.467 e. The summed E-state index contributed by atoms with van der Waals surface area (Å²) in [7, 11) is 1.30. The van der Waals surface area contributed by atoms with Gasteiger partial charge in [0.05, 0.1) is 13.2 Å². The van der Waals surface area contributed by atoms with E-state index in [4.69, 9.17) is 0 Å². The molecule has 24 heavy (non-hydrogen) atoms. The van der Waals surface area contributed by atoms with Gasteiger partial charge in [0.25, 0.3) is 0 Å². The fourth-order valence-electron chi connectivity index (χ4n) is 1.45. The number of terminal acetylenes is 1. The minimum absolute atomic E-state index is 0. The van der Waals surface area contributed by atoms with Gasteiger partial charge in [-0.25, -0.2) is 4.79 Å². The molecule has 0 unspecified atom stereocenters. The van der Waals surface area contributed by atoms with Crippen molar-refractivity contribution in [1.29, 1.82) is 0 Å². The van der Waals surface area contributed by atoms with Crippen molar-refractivity contribution in [3.8, 4) is 12.8 Å². The number of esters is 1. The maximum absolute atomic E-state index is 10.8. The summed E-state index contributed by atoms with van der Waals surface area (Å²) in [6.45, 7) is 7.92. The standard InChI is InChI=1S/C7H13NO3.C7H13NO2.C2H2.CH4/c1-4-6(7(10)11-3)8-5(2)9;1-4-7(5(2)9)8-6(3)10;1-2;/h6H,4H2,1-3H3,(H,8,9);7H,4H2,1-3H3,(H,8,10);1-2H;1H4/t6-;7-;;/m11../s1. The second-order valence-electron chi connectivity index (χ2n) is 4.46. The van der Waals surface area contributed by atoms with E-state index in [9.17, 15) is 19.2 Å². The van der Waals surface area contributed by atoms with Crippen molar-refractivity contribution in [1.82, 2.24) is 10.6 Å². The molecular formula is C17H32N2O5. The van der Waals surface area contributed by atoms with Crippen molar-refractivity contribution in [3.05, 3.63) is 0 Å². The van der Waals surface area contributed by atoms with Gasteiger partial charge >= 0.3 is 5.97 Å². The zero-order valence-electron chi connectivity index (χ0n) is 14.8. The Balaban J connectivity index is -0.000000146. The SMILES string of the molecule is C.C#C.CC[C@@H](NC(C)=O)C(=O)OC.CC[C@@H](NC(C)=O)C(C)=O. The third-order valence-corrected chi connectivity index (χ3v) is 2.55. The van der Waals surface area contributed by atoms with Gasteiger partial charge in [0.15, 0.2) is 5.78 Å². The van der Waals surface area contributed by atoms with Gasteiger partial charge in [0, 0.05) is 13.8 Å². The van der Waals surface area contributed by atoms with Crippen LogP contribution >= 0.6 is 0 Å². The monoisotopic (exact) mass is 344 g/mol. The Kier molecular flexibility index (Phi) is 23.1. The number of hydrogen-bond donors (Lipinski definition) is 2. The van der Waals surface area contributed by atoms with Crippen molar-refractivity contribution >= 4 is 23.6 Å². The Bertz CT molecular complexity index is 405. The number of ether oxygens (including phenoxy) is 1. The molecule has 0 aliphatic heterocycles. The number of nitrogens with one attached hydrogen (secondary N) is 2. The molecule has 140 valence electrons. The first-order valence-corrected chi connectivity index (χ1v) is 7.15. The van der Waals surface area contributed by atoms with Gasteiger partial charge in [-0.05, 0) is 19.8 Å². The molecule has 7 heteroatoms. The predicted molar refractivity (Wildman–Crippen MR) is 95.1 cm³/mol. The molecule has 7 nitrogen and oxygen atoms in total. The molecule has 0 aromatic carbocycles. The molecular weight excluding hydrogens is 312 g/mol. The molecule has 0 heterocycles. The number of amides is 2. The lowest BCUT2D eigenvalue weighted by molar-refractivity contribution is -0.144. The Morgan fingerprint density at radius 3 is 1.38 bits per heavy atom. The molecule has 0 saturated carbocycles. The molecule has 2 atom stereocenters. The lowest BCUT2D eigenvalue weighted by Crippen LogP contribution is -2.39. The minimum atomic E-state index is -0.502. The van der Waals surface area contributed by atoms with E-state index in [-0.39, 0.29) is 31.1 Å². The second-order valence-corrected chi connectivity index (χ2v) is 4.46. The molecule has 0 aromatic rings. The van der Waals surface area contributed by atoms with Gasteiger partial charge in [0.1, 0.15) is 6.04 Å².